The van der Waals surface area contributed by atoms with E-state index in [9.17, 15) is 23.1 Å². The SMILES string of the molecule is CCN(CC)C(CC(F)N1CCC(O)(c2cccc(C(F)(F)F)c2)CC1)C(=O)c1ccccc1. The maximum Gasteiger partial charge on any atom is 0.416 e. The van der Waals surface area contributed by atoms with E-state index in [-0.39, 0.29) is 43.7 Å². The number of carbonyl (C=O) groups is 1. The Morgan fingerprint density at radius 3 is 2.24 bits per heavy atom. The number of ketones is 1. The predicted molar refractivity (Wildman–Crippen MR) is 123 cm³/mol. The van der Waals surface area contributed by atoms with E-state index in [4.69, 9.17) is 0 Å². The summed E-state index contributed by atoms with van der Waals surface area (Å²) in [5.41, 5.74) is -1.54. The first-order valence-corrected chi connectivity index (χ1v) is 11.7. The molecule has 1 saturated heterocycles. The molecule has 0 radical (unpaired) electrons. The van der Waals surface area contributed by atoms with Crippen molar-refractivity contribution < 1.29 is 27.5 Å². The summed E-state index contributed by atoms with van der Waals surface area (Å²) in [6.07, 6.45) is -5.71. The van der Waals surface area contributed by atoms with Crippen LogP contribution >= 0.6 is 0 Å². The molecule has 8 heteroatoms. The molecule has 2 aromatic carbocycles. The van der Waals surface area contributed by atoms with Crippen molar-refractivity contribution in [3.8, 4) is 0 Å². The van der Waals surface area contributed by atoms with Crippen LogP contribution < -0.4 is 0 Å². The van der Waals surface area contributed by atoms with E-state index in [2.05, 4.69) is 0 Å². The summed E-state index contributed by atoms with van der Waals surface area (Å²) in [6.45, 7) is 5.41. The Morgan fingerprint density at radius 1 is 1.06 bits per heavy atom. The monoisotopic (exact) mass is 480 g/mol. The van der Waals surface area contributed by atoms with Crippen molar-refractivity contribution in [2.45, 2.75) is 57.2 Å². The summed E-state index contributed by atoms with van der Waals surface area (Å²) in [7, 11) is 0. The number of hydrogen-bond donors (Lipinski definition) is 1. The van der Waals surface area contributed by atoms with Crippen LogP contribution in [-0.4, -0.2) is 59.2 Å². The Balaban J connectivity index is 1.70. The summed E-state index contributed by atoms with van der Waals surface area (Å²) >= 11 is 0. The first-order valence-electron chi connectivity index (χ1n) is 11.7. The maximum absolute atomic E-state index is 15.4. The van der Waals surface area contributed by atoms with E-state index in [1.807, 2.05) is 24.8 Å². The number of rotatable bonds is 9. The third kappa shape index (κ3) is 6.03. The lowest BCUT2D eigenvalue weighted by Crippen LogP contribution is -2.49. The van der Waals surface area contributed by atoms with Crippen LogP contribution in [0.4, 0.5) is 17.6 Å². The second-order valence-electron chi connectivity index (χ2n) is 8.78. The van der Waals surface area contributed by atoms with Gasteiger partial charge in [0.15, 0.2) is 12.1 Å². The first-order chi connectivity index (χ1) is 16.1. The van der Waals surface area contributed by atoms with E-state index in [0.717, 1.165) is 12.1 Å². The number of carbonyl (C=O) groups excluding carboxylic acids is 1. The van der Waals surface area contributed by atoms with Gasteiger partial charge in [0.1, 0.15) is 0 Å². The summed E-state index contributed by atoms with van der Waals surface area (Å²) in [4.78, 5) is 16.7. The Kier molecular flexibility index (Phi) is 8.49. The molecule has 2 unspecified atom stereocenters. The van der Waals surface area contributed by atoms with Crippen molar-refractivity contribution in [1.29, 1.82) is 0 Å². The van der Waals surface area contributed by atoms with Crippen molar-refractivity contribution in [3.05, 3.63) is 71.3 Å². The van der Waals surface area contributed by atoms with Gasteiger partial charge in [0.05, 0.1) is 17.2 Å². The molecule has 1 heterocycles. The molecule has 2 atom stereocenters. The zero-order valence-electron chi connectivity index (χ0n) is 19.6. The minimum absolute atomic E-state index is 0.0165. The minimum Gasteiger partial charge on any atom is -0.385 e. The van der Waals surface area contributed by atoms with Crippen LogP contribution in [0.2, 0.25) is 0 Å². The molecule has 1 aliphatic heterocycles. The Labute approximate surface area is 198 Å². The fourth-order valence-electron chi connectivity index (χ4n) is 4.66. The quantitative estimate of drug-likeness (QED) is 0.302. The molecule has 0 bridgehead atoms. The topological polar surface area (TPSA) is 43.8 Å². The van der Waals surface area contributed by atoms with Crippen molar-refractivity contribution in [2.24, 2.45) is 0 Å². The van der Waals surface area contributed by atoms with Crippen LogP contribution in [0.1, 0.15) is 54.6 Å². The standard InChI is InChI=1S/C26H32F4N2O2/c1-3-31(4-2)22(24(33)19-9-6-5-7-10-19)18-23(27)32-15-13-25(34,14-16-32)20-11-8-12-21(17-20)26(28,29)30/h5-12,17,22-23,34H,3-4,13-16,18H2,1-2H3. The van der Waals surface area contributed by atoms with Crippen LogP contribution in [0.3, 0.4) is 0 Å². The molecule has 186 valence electrons. The van der Waals surface area contributed by atoms with Gasteiger partial charge in [-0.1, -0.05) is 56.3 Å². The average molecular weight is 481 g/mol. The lowest BCUT2D eigenvalue weighted by atomic mass is 9.83. The molecule has 4 nitrogen and oxygen atoms in total. The number of likely N-dealkylation sites (N-methyl/N-ethyl adjacent to an activating group) is 1. The van der Waals surface area contributed by atoms with Crippen molar-refractivity contribution in [2.75, 3.05) is 26.2 Å². The Bertz CT molecular complexity index is 939. The van der Waals surface area contributed by atoms with Gasteiger partial charge >= 0.3 is 6.18 Å². The minimum atomic E-state index is -4.50. The number of aliphatic hydroxyl groups is 1. The molecule has 1 fully saturated rings. The molecule has 0 aliphatic carbocycles. The van der Waals surface area contributed by atoms with E-state index < -0.39 is 29.7 Å². The van der Waals surface area contributed by atoms with Crippen LogP contribution in [-0.2, 0) is 11.8 Å². The second kappa shape index (κ2) is 11.0. The molecule has 1 N–H and O–H groups in total. The van der Waals surface area contributed by atoms with E-state index >= 15 is 4.39 Å². The molecule has 2 aromatic rings. The van der Waals surface area contributed by atoms with Crippen LogP contribution in [0.15, 0.2) is 54.6 Å². The molecule has 0 amide bonds. The second-order valence-corrected chi connectivity index (χ2v) is 8.78. The van der Waals surface area contributed by atoms with Crippen molar-refractivity contribution >= 4 is 5.78 Å². The summed E-state index contributed by atoms with van der Waals surface area (Å²) < 4.78 is 54.7. The van der Waals surface area contributed by atoms with E-state index in [0.29, 0.717) is 18.7 Å². The van der Waals surface area contributed by atoms with Gasteiger partial charge in [-0.05, 0) is 43.6 Å². The number of nitrogens with zero attached hydrogens (tertiary/aromatic N) is 2. The summed E-state index contributed by atoms with van der Waals surface area (Å²) in [6, 6.07) is 12.9. The molecular weight excluding hydrogens is 448 g/mol. The number of alkyl halides is 4. The van der Waals surface area contributed by atoms with Gasteiger partial charge in [-0.2, -0.15) is 13.2 Å². The van der Waals surface area contributed by atoms with Crippen molar-refractivity contribution in [1.82, 2.24) is 9.80 Å². The molecule has 3 rings (SSSR count). The number of piperidine rings is 1. The van der Waals surface area contributed by atoms with Gasteiger partial charge in [-0.3, -0.25) is 14.6 Å². The number of hydrogen-bond acceptors (Lipinski definition) is 4. The van der Waals surface area contributed by atoms with Crippen LogP contribution in [0.25, 0.3) is 0 Å². The summed E-state index contributed by atoms with van der Waals surface area (Å²) in [5, 5.41) is 11.0. The highest BCUT2D eigenvalue weighted by Gasteiger charge is 2.39. The van der Waals surface area contributed by atoms with Gasteiger partial charge < -0.3 is 5.11 Å². The van der Waals surface area contributed by atoms with Gasteiger partial charge in [-0.25, -0.2) is 4.39 Å². The molecule has 0 spiro atoms. The molecule has 34 heavy (non-hydrogen) atoms. The largest absolute Gasteiger partial charge is 0.416 e. The third-order valence-electron chi connectivity index (χ3n) is 6.78. The number of halogens is 4. The van der Waals surface area contributed by atoms with Gasteiger partial charge in [0, 0.05) is 25.1 Å². The normalized spacial score (nSPS) is 18.6. The number of Topliss-reactive ketones (excluding diaryl/α,β-unsaturated/α-hetero) is 1. The van der Waals surface area contributed by atoms with Crippen LogP contribution in [0, 0.1) is 0 Å². The molecule has 1 aliphatic rings. The van der Waals surface area contributed by atoms with Crippen LogP contribution in [0.5, 0.6) is 0 Å². The van der Waals surface area contributed by atoms with Gasteiger partial charge in [0.2, 0.25) is 0 Å². The van der Waals surface area contributed by atoms with Gasteiger partial charge in [-0.15, -0.1) is 0 Å². The molecular formula is C26H32F4N2O2. The highest BCUT2D eigenvalue weighted by molar-refractivity contribution is 6.00. The van der Waals surface area contributed by atoms with Crippen molar-refractivity contribution in [3.63, 3.8) is 0 Å². The Morgan fingerprint density at radius 2 is 1.68 bits per heavy atom. The zero-order valence-corrected chi connectivity index (χ0v) is 19.6. The zero-order chi connectivity index (χ0) is 24.9. The first kappa shape index (κ1) is 26.3. The van der Waals surface area contributed by atoms with E-state index in [1.54, 1.807) is 29.2 Å². The number of likely N-dealkylation sites (tertiary alicyclic amines) is 1. The summed E-state index contributed by atoms with van der Waals surface area (Å²) in [5.74, 6) is -0.135. The molecule has 0 aromatic heterocycles. The van der Waals surface area contributed by atoms with Gasteiger partial charge in [0.25, 0.3) is 0 Å². The highest BCUT2D eigenvalue weighted by atomic mass is 19.4. The Hall–Kier alpha value is -2.29. The highest BCUT2D eigenvalue weighted by Crippen LogP contribution is 2.37. The smallest absolute Gasteiger partial charge is 0.385 e. The average Bonchev–Trinajstić information content (AvgIpc) is 2.84. The fraction of sp³-hybridized carbons (Fsp3) is 0.500. The fourth-order valence-corrected chi connectivity index (χ4v) is 4.66. The third-order valence-corrected chi connectivity index (χ3v) is 6.78. The maximum atomic E-state index is 15.4. The predicted octanol–water partition coefficient (Wildman–Crippen LogP) is 5.27. The lowest BCUT2D eigenvalue weighted by Gasteiger charge is -2.41. The molecule has 0 saturated carbocycles. The van der Waals surface area contributed by atoms with E-state index in [1.165, 1.54) is 12.1 Å². The number of benzene rings is 2. The lowest BCUT2D eigenvalue weighted by molar-refractivity contribution is -0.137.